The van der Waals surface area contributed by atoms with Gasteiger partial charge in [0.05, 0.1) is 0 Å². The summed E-state index contributed by atoms with van der Waals surface area (Å²) in [5.74, 6) is 2.97. The molecule has 1 aliphatic carbocycles. The molecule has 0 aliphatic heterocycles. The smallest absolute Gasteiger partial charge is 0.0409 e. The molecule has 0 bridgehead atoms. The van der Waals surface area contributed by atoms with Crippen molar-refractivity contribution < 1.29 is 0 Å². The van der Waals surface area contributed by atoms with Crippen molar-refractivity contribution in [2.24, 2.45) is 17.8 Å². The van der Waals surface area contributed by atoms with E-state index in [2.05, 4.69) is 20.8 Å². The summed E-state index contributed by atoms with van der Waals surface area (Å²) in [6.07, 6.45) is 7.43. The van der Waals surface area contributed by atoms with Gasteiger partial charge < -0.3 is 0 Å². The van der Waals surface area contributed by atoms with Crippen LogP contribution in [0.2, 0.25) is 0 Å². The predicted octanol–water partition coefficient (Wildman–Crippen LogP) is 3.86. The van der Waals surface area contributed by atoms with Crippen molar-refractivity contribution in [1.29, 1.82) is 0 Å². The predicted molar refractivity (Wildman–Crippen MR) is 50.6 cm³/mol. The summed E-state index contributed by atoms with van der Waals surface area (Å²) < 4.78 is 0. The molecule has 0 heterocycles. The average molecular weight is 154 g/mol. The Kier molecular flexibility index (Phi) is 3.42. The van der Waals surface area contributed by atoms with Gasteiger partial charge in [0.15, 0.2) is 0 Å². The van der Waals surface area contributed by atoms with Gasteiger partial charge in [0.25, 0.3) is 0 Å². The molecule has 2 atom stereocenters. The maximum atomic E-state index is 2.41. The monoisotopic (exact) mass is 154 g/mol. The second-order valence-electron chi connectivity index (χ2n) is 4.77. The average Bonchev–Trinajstić information content (AvgIpc) is 1.85. The summed E-state index contributed by atoms with van der Waals surface area (Å²) >= 11 is 0. The summed E-state index contributed by atoms with van der Waals surface area (Å²) in [5, 5.41) is 0. The van der Waals surface area contributed by atoms with E-state index in [0.717, 1.165) is 17.8 Å². The van der Waals surface area contributed by atoms with Crippen LogP contribution in [0.3, 0.4) is 0 Å². The van der Waals surface area contributed by atoms with Crippen molar-refractivity contribution in [2.45, 2.75) is 52.9 Å². The summed E-state index contributed by atoms with van der Waals surface area (Å²) in [6, 6.07) is 0. The van der Waals surface area contributed by atoms with Gasteiger partial charge in [-0.3, -0.25) is 0 Å². The van der Waals surface area contributed by atoms with Crippen LogP contribution in [0.15, 0.2) is 0 Å². The van der Waals surface area contributed by atoms with E-state index in [0.29, 0.717) is 0 Å². The molecule has 0 heteroatoms. The number of hydrogen-bond donors (Lipinski definition) is 0. The Bertz CT molecular complexity index is 103. The van der Waals surface area contributed by atoms with E-state index in [1.807, 2.05) is 0 Å². The molecule has 11 heavy (non-hydrogen) atoms. The molecule has 66 valence electrons. The first-order valence-corrected chi connectivity index (χ1v) is 5.18. The van der Waals surface area contributed by atoms with Gasteiger partial charge in [-0.05, 0) is 30.6 Å². The van der Waals surface area contributed by atoms with Gasteiger partial charge in [0, 0.05) is 0 Å². The van der Waals surface area contributed by atoms with E-state index >= 15 is 0 Å². The van der Waals surface area contributed by atoms with E-state index in [1.165, 1.54) is 32.1 Å². The fourth-order valence-electron chi connectivity index (χ4n) is 2.44. The summed E-state index contributed by atoms with van der Waals surface area (Å²) in [4.78, 5) is 0. The maximum Gasteiger partial charge on any atom is -0.0409 e. The van der Waals surface area contributed by atoms with Crippen molar-refractivity contribution in [3.8, 4) is 0 Å². The highest BCUT2D eigenvalue weighted by atomic mass is 14.2. The molecular weight excluding hydrogens is 132 g/mol. The SMILES string of the molecule is CC(C)C[C@@H]1CCC[C@H](C)C1. The normalized spacial score (nSPS) is 32.7. The van der Waals surface area contributed by atoms with Crippen molar-refractivity contribution in [3.63, 3.8) is 0 Å². The lowest BCUT2D eigenvalue weighted by Gasteiger charge is -2.27. The molecular formula is C11H22. The molecule has 1 rings (SSSR count). The van der Waals surface area contributed by atoms with Crippen LogP contribution < -0.4 is 0 Å². The fourth-order valence-corrected chi connectivity index (χ4v) is 2.44. The molecule has 0 radical (unpaired) electrons. The van der Waals surface area contributed by atoms with Crippen LogP contribution in [0.4, 0.5) is 0 Å². The Morgan fingerprint density at radius 3 is 2.55 bits per heavy atom. The van der Waals surface area contributed by atoms with Crippen molar-refractivity contribution in [1.82, 2.24) is 0 Å². The third-order valence-electron chi connectivity index (χ3n) is 2.85. The van der Waals surface area contributed by atoms with Crippen LogP contribution in [-0.2, 0) is 0 Å². The van der Waals surface area contributed by atoms with E-state index < -0.39 is 0 Å². The summed E-state index contributed by atoms with van der Waals surface area (Å²) in [6.45, 7) is 7.10. The fraction of sp³-hybridized carbons (Fsp3) is 1.00. The zero-order chi connectivity index (χ0) is 8.27. The van der Waals surface area contributed by atoms with Crippen LogP contribution in [-0.4, -0.2) is 0 Å². The van der Waals surface area contributed by atoms with Gasteiger partial charge in [-0.25, -0.2) is 0 Å². The summed E-state index contributed by atoms with van der Waals surface area (Å²) in [5.41, 5.74) is 0. The molecule has 0 nitrogen and oxygen atoms in total. The maximum absolute atomic E-state index is 2.41. The first-order chi connectivity index (χ1) is 5.18. The Hall–Kier alpha value is 0. The molecule has 1 fully saturated rings. The largest absolute Gasteiger partial charge is 0.0628 e. The lowest BCUT2D eigenvalue weighted by molar-refractivity contribution is 0.248. The zero-order valence-electron chi connectivity index (χ0n) is 8.27. The van der Waals surface area contributed by atoms with Gasteiger partial charge in [-0.1, -0.05) is 40.0 Å². The van der Waals surface area contributed by atoms with Crippen molar-refractivity contribution in [3.05, 3.63) is 0 Å². The zero-order valence-corrected chi connectivity index (χ0v) is 8.27. The van der Waals surface area contributed by atoms with E-state index in [1.54, 1.807) is 0 Å². The Labute approximate surface area is 71.4 Å². The number of rotatable bonds is 2. The molecule has 0 N–H and O–H groups in total. The molecule has 0 aromatic heterocycles. The van der Waals surface area contributed by atoms with E-state index in [-0.39, 0.29) is 0 Å². The first kappa shape index (κ1) is 9.09. The molecule has 0 saturated heterocycles. The molecule has 0 amide bonds. The highest BCUT2D eigenvalue weighted by Gasteiger charge is 2.19. The first-order valence-electron chi connectivity index (χ1n) is 5.18. The molecule has 0 aromatic rings. The highest BCUT2D eigenvalue weighted by molar-refractivity contribution is 4.71. The lowest BCUT2D eigenvalue weighted by atomic mass is 9.79. The van der Waals surface area contributed by atoms with Crippen molar-refractivity contribution >= 4 is 0 Å². The van der Waals surface area contributed by atoms with Crippen LogP contribution >= 0.6 is 0 Å². The van der Waals surface area contributed by atoms with Gasteiger partial charge in [0.1, 0.15) is 0 Å². The Balaban J connectivity index is 2.23. The third kappa shape index (κ3) is 3.27. The van der Waals surface area contributed by atoms with Crippen molar-refractivity contribution in [2.75, 3.05) is 0 Å². The minimum atomic E-state index is 0.908. The Morgan fingerprint density at radius 2 is 2.00 bits per heavy atom. The standard InChI is InChI=1S/C11H22/c1-9(2)7-11-6-4-5-10(3)8-11/h9-11H,4-8H2,1-3H3/t10-,11-/m0/s1. The third-order valence-corrected chi connectivity index (χ3v) is 2.85. The van der Waals surface area contributed by atoms with Gasteiger partial charge in [0.2, 0.25) is 0 Å². The molecule has 0 aromatic carbocycles. The number of hydrogen-bond acceptors (Lipinski definition) is 0. The minimum absolute atomic E-state index is 0.908. The quantitative estimate of drug-likeness (QED) is 0.566. The van der Waals surface area contributed by atoms with Crippen LogP contribution in [0.25, 0.3) is 0 Å². The molecule has 0 unspecified atom stereocenters. The van der Waals surface area contributed by atoms with Crippen LogP contribution in [0.5, 0.6) is 0 Å². The second-order valence-corrected chi connectivity index (χ2v) is 4.77. The lowest BCUT2D eigenvalue weighted by Crippen LogP contribution is -2.14. The van der Waals surface area contributed by atoms with Crippen LogP contribution in [0.1, 0.15) is 52.9 Å². The van der Waals surface area contributed by atoms with E-state index in [4.69, 9.17) is 0 Å². The molecule has 1 saturated carbocycles. The molecule has 0 spiro atoms. The summed E-state index contributed by atoms with van der Waals surface area (Å²) in [7, 11) is 0. The molecule has 1 aliphatic rings. The van der Waals surface area contributed by atoms with Crippen LogP contribution in [0, 0.1) is 17.8 Å². The van der Waals surface area contributed by atoms with E-state index in [9.17, 15) is 0 Å². The topological polar surface area (TPSA) is 0 Å². The Morgan fingerprint density at radius 1 is 1.27 bits per heavy atom. The van der Waals surface area contributed by atoms with Gasteiger partial charge >= 0.3 is 0 Å². The second kappa shape index (κ2) is 4.13. The van der Waals surface area contributed by atoms with Gasteiger partial charge in [-0.15, -0.1) is 0 Å². The van der Waals surface area contributed by atoms with Gasteiger partial charge in [-0.2, -0.15) is 0 Å². The highest BCUT2D eigenvalue weighted by Crippen LogP contribution is 2.32. The minimum Gasteiger partial charge on any atom is -0.0628 e.